The summed E-state index contributed by atoms with van der Waals surface area (Å²) in [5.41, 5.74) is 5.29. The number of rotatable bonds is 1. The number of hydrogen-bond acceptors (Lipinski definition) is 0. The first-order valence-electron chi connectivity index (χ1n) is 9.34. The van der Waals surface area contributed by atoms with Crippen LogP contribution in [0.4, 0.5) is 0 Å². The Morgan fingerprint density at radius 1 is 0.808 bits per heavy atom. The Morgan fingerprint density at radius 3 is 2.19 bits per heavy atom. The molecule has 1 aliphatic carbocycles. The van der Waals surface area contributed by atoms with Crippen LogP contribution in [0.5, 0.6) is 0 Å². The quantitative estimate of drug-likeness (QED) is 0.577. The van der Waals surface area contributed by atoms with Crippen LogP contribution in [-0.4, -0.2) is 7.05 Å². The third kappa shape index (κ3) is 4.36. The van der Waals surface area contributed by atoms with Crippen molar-refractivity contribution in [2.75, 3.05) is 7.05 Å². The van der Waals surface area contributed by atoms with Gasteiger partial charge in [0.15, 0.2) is 0 Å². The topological polar surface area (TPSA) is 4.36 Å². The minimum atomic E-state index is 0.662. The molecule has 0 N–H and O–H groups in total. The second kappa shape index (κ2) is 8.94. The van der Waals surface area contributed by atoms with Crippen LogP contribution >= 0.6 is 0 Å². The highest BCUT2D eigenvalue weighted by molar-refractivity contribution is 5.56. The first kappa shape index (κ1) is 17.9. The predicted molar refractivity (Wildman–Crippen MR) is 110 cm³/mol. The summed E-state index contributed by atoms with van der Waals surface area (Å²) >= 11 is 0. The Balaban J connectivity index is 2.00. The fourth-order valence-electron chi connectivity index (χ4n) is 3.54. The van der Waals surface area contributed by atoms with Crippen LogP contribution < -0.4 is 0 Å². The first-order chi connectivity index (χ1) is 12.8. The second-order valence-electron chi connectivity index (χ2n) is 6.65. The Labute approximate surface area is 157 Å². The van der Waals surface area contributed by atoms with E-state index in [0.717, 1.165) is 22.3 Å². The van der Waals surface area contributed by atoms with Gasteiger partial charge < -0.3 is 0 Å². The van der Waals surface area contributed by atoms with E-state index in [1.807, 2.05) is 31.2 Å². The molecule has 0 bridgehead atoms. The van der Waals surface area contributed by atoms with Gasteiger partial charge in [0.1, 0.15) is 5.56 Å². The largest absolute Gasteiger partial charge is 0.311 e. The standard InChI is InChI=1S/C25H24N/c1-3-9-20-12-7-8-13-22(20)14-15-24-18-23(16-17-25(24)19-26-2)21-10-5-4-6-11-21/h7-8,12-13,16-18,21H,4-6,10-11H2,1-2H3/q+1. The molecule has 0 radical (unpaired) electrons. The summed E-state index contributed by atoms with van der Waals surface area (Å²) in [6.45, 7) is 1.85. The van der Waals surface area contributed by atoms with Crippen LogP contribution in [0.2, 0.25) is 0 Å². The van der Waals surface area contributed by atoms with E-state index in [9.17, 15) is 0 Å². The van der Waals surface area contributed by atoms with Crippen molar-refractivity contribution in [1.82, 2.24) is 0 Å². The van der Waals surface area contributed by atoms with Crippen molar-refractivity contribution in [3.8, 4) is 29.8 Å². The van der Waals surface area contributed by atoms with E-state index >= 15 is 0 Å². The highest BCUT2D eigenvalue weighted by Gasteiger charge is 2.17. The Morgan fingerprint density at radius 2 is 1.50 bits per heavy atom. The van der Waals surface area contributed by atoms with Gasteiger partial charge in [0.2, 0.25) is 0 Å². The predicted octanol–water partition coefficient (Wildman–Crippen LogP) is 5.82. The molecule has 128 valence electrons. The van der Waals surface area contributed by atoms with E-state index in [-0.39, 0.29) is 0 Å². The molecule has 0 aliphatic heterocycles. The minimum Gasteiger partial charge on any atom is -0.101 e. The third-order valence-electron chi connectivity index (χ3n) is 4.87. The van der Waals surface area contributed by atoms with Gasteiger partial charge in [-0.15, -0.1) is 5.92 Å². The molecule has 0 unspecified atom stereocenters. The van der Waals surface area contributed by atoms with E-state index in [0.29, 0.717) is 5.92 Å². The molecular weight excluding hydrogens is 314 g/mol. The molecule has 1 heteroatoms. The van der Waals surface area contributed by atoms with Crippen LogP contribution in [0.1, 0.15) is 72.8 Å². The fourth-order valence-corrected chi connectivity index (χ4v) is 3.54. The molecule has 0 atom stereocenters. The smallest absolute Gasteiger partial charge is 0.101 e. The molecule has 1 aliphatic rings. The lowest BCUT2D eigenvalue weighted by atomic mass is 9.83. The zero-order valence-corrected chi connectivity index (χ0v) is 15.6. The summed E-state index contributed by atoms with van der Waals surface area (Å²) in [6, 6.07) is 17.7. The molecule has 1 saturated carbocycles. The van der Waals surface area contributed by atoms with Crippen molar-refractivity contribution in [3.63, 3.8) is 0 Å². The Hall–Kier alpha value is -2.95. The molecular formula is C25H24N+. The molecule has 1 nitrogen and oxygen atoms in total. The van der Waals surface area contributed by atoms with Gasteiger partial charge in [-0.25, -0.2) is 0 Å². The number of hydrogen-bond donors (Lipinski definition) is 0. The van der Waals surface area contributed by atoms with Crippen LogP contribution in [0.15, 0.2) is 42.5 Å². The van der Waals surface area contributed by atoms with Gasteiger partial charge in [0.05, 0.1) is 0 Å². The lowest BCUT2D eigenvalue weighted by Crippen LogP contribution is -2.05. The summed E-state index contributed by atoms with van der Waals surface area (Å²) in [5, 5.41) is 0. The van der Waals surface area contributed by atoms with Crippen LogP contribution in [0.3, 0.4) is 0 Å². The van der Waals surface area contributed by atoms with Crippen LogP contribution in [-0.2, 0) is 0 Å². The first-order valence-corrected chi connectivity index (χ1v) is 9.34. The van der Waals surface area contributed by atoms with E-state index in [4.69, 9.17) is 0 Å². The van der Waals surface area contributed by atoms with Crippen LogP contribution in [0, 0.1) is 29.8 Å². The molecule has 0 spiro atoms. The van der Waals surface area contributed by atoms with Gasteiger partial charge in [0.25, 0.3) is 7.05 Å². The summed E-state index contributed by atoms with van der Waals surface area (Å²) in [6.07, 6.45) is 6.60. The van der Waals surface area contributed by atoms with Crippen LogP contribution in [0.25, 0.3) is 4.85 Å². The lowest BCUT2D eigenvalue weighted by Gasteiger charge is -2.22. The molecule has 3 rings (SSSR count). The summed E-state index contributed by atoms with van der Waals surface area (Å²) in [7, 11) is 1.75. The van der Waals surface area contributed by atoms with Gasteiger partial charge in [0, 0.05) is 16.7 Å². The van der Waals surface area contributed by atoms with E-state index in [1.54, 1.807) is 7.05 Å². The maximum atomic E-state index is 4.07. The van der Waals surface area contributed by atoms with Gasteiger partial charge in [-0.1, -0.05) is 60.1 Å². The van der Waals surface area contributed by atoms with Crippen molar-refractivity contribution >= 4 is 0 Å². The third-order valence-corrected chi connectivity index (χ3v) is 4.87. The highest BCUT2D eigenvalue weighted by Crippen LogP contribution is 2.33. The van der Waals surface area contributed by atoms with Crippen molar-refractivity contribution in [3.05, 3.63) is 75.1 Å². The van der Waals surface area contributed by atoms with Gasteiger partial charge in [-0.05, 0) is 55.5 Å². The summed E-state index contributed by atoms with van der Waals surface area (Å²) in [4.78, 5) is 4.07. The molecule has 0 aromatic heterocycles. The molecule has 0 amide bonds. The van der Waals surface area contributed by atoms with Crippen molar-refractivity contribution < 1.29 is 0 Å². The van der Waals surface area contributed by atoms with E-state index in [1.165, 1.54) is 37.7 Å². The maximum absolute atomic E-state index is 4.07. The Bertz CT molecular complexity index is 958. The Kier molecular flexibility index (Phi) is 6.14. The van der Waals surface area contributed by atoms with E-state index in [2.05, 4.69) is 52.8 Å². The molecule has 0 saturated heterocycles. The molecule has 2 aromatic rings. The highest BCUT2D eigenvalue weighted by atomic mass is 14.6. The molecule has 2 aromatic carbocycles. The van der Waals surface area contributed by atoms with Gasteiger partial charge >= 0.3 is 6.07 Å². The lowest BCUT2D eigenvalue weighted by molar-refractivity contribution is 0.443. The number of nitrogens with zero attached hydrogens (tertiary/aromatic N) is 1. The number of benzene rings is 2. The van der Waals surface area contributed by atoms with Crippen molar-refractivity contribution in [2.24, 2.45) is 0 Å². The molecule has 26 heavy (non-hydrogen) atoms. The zero-order valence-electron chi connectivity index (χ0n) is 15.6. The molecule has 0 heterocycles. The van der Waals surface area contributed by atoms with Gasteiger partial charge in [-0.3, -0.25) is 0 Å². The maximum Gasteiger partial charge on any atom is 0.311 e. The monoisotopic (exact) mass is 338 g/mol. The van der Waals surface area contributed by atoms with Gasteiger partial charge in [-0.2, -0.15) is 0 Å². The second-order valence-corrected chi connectivity index (χ2v) is 6.65. The fraction of sp³-hybridized carbons (Fsp3) is 0.320. The molecule has 1 fully saturated rings. The normalized spacial score (nSPS) is 13.5. The average Bonchev–Trinajstić information content (AvgIpc) is 2.69. The average molecular weight is 338 g/mol. The summed E-state index contributed by atoms with van der Waals surface area (Å²) in [5.74, 6) is 13.4. The zero-order chi connectivity index (χ0) is 18.2. The summed E-state index contributed by atoms with van der Waals surface area (Å²) < 4.78 is 0. The minimum absolute atomic E-state index is 0.662. The SMILES string of the molecule is CC#Cc1ccccc1C#Cc1cc(C2CCCCC2)ccc1C#[N+]C. The van der Waals surface area contributed by atoms with Crippen molar-refractivity contribution in [2.45, 2.75) is 44.9 Å². The van der Waals surface area contributed by atoms with E-state index < -0.39 is 0 Å². The van der Waals surface area contributed by atoms with Crippen molar-refractivity contribution in [1.29, 1.82) is 0 Å².